The molecule has 0 aliphatic carbocycles. The standard InChI is InChI=1S/C9H18O3.C6H10O3/c1-5-7-11-8(10)9(3,4)12-6-2;1-3-4-9-6(8)5(2)7/h5-7H2,1-4H3;3-4H2,1-2H3. The Morgan fingerprint density at radius 3 is 1.76 bits per heavy atom. The fourth-order valence-electron chi connectivity index (χ4n) is 1.08. The summed E-state index contributed by atoms with van der Waals surface area (Å²) >= 11 is 0. The van der Waals surface area contributed by atoms with E-state index in [0.29, 0.717) is 19.8 Å². The summed E-state index contributed by atoms with van der Waals surface area (Å²) in [6.07, 6.45) is 1.59. The molecule has 0 rings (SSSR count). The zero-order chi connectivity index (χ0) is 16.9. The minimum Gasteiger partial charge on any atom is -0.464 e. The predicted molar refractivity (Wildman–Crippen MR) is 78.9 cm³/mol. The summed E-state index contributed by atoms with van der Waals surface area (Å²) in [5.74, 6) is -1.56. The van der Waals surface area contributed by atoms with Gasteiger partial charge in [-0.25, -0.2) is 9.59 Å². The number of Topliss-reactive ketones (excluding diaryl/α,β-unsaturated/α-hetero) is 1. The van der Waals surface area contributed by atoms with Crippen molar-refractivity contribution >= 4 is 17.7 Å². The SMILES string of the molecule is CCCOC(=O)C(C)(C)OCC.CCCOC(=O)C(C)=O. The molecule has 0 heterocycles. The molecule has 6 nitrogen and oxygen atoms in total. The van der Waals surface area contributed by atoms with Crippen LogP contribution in [0.2, 0.25) is 0 Å². The lowest BCUT2D eigenvalue weighted by molar-refractivity contribution is -0.167. The molecule has 0 bridgehead atoms. The monoisotopic (exact) mass is 304 g/mol. The van der Waals surface area contributed by atoms with Gasteiger partial charge in [-0.15, -0.1) is 0 Å². The van der Waals surface area contributed by atoms with Crippen LogP contribution >= 0.6 is 0 Å². The van der Waals surface area contributed by atoms with Crippen LogP contribution in [0.1, 0.15) is 54.4 Å². The quantitative estimate of drug-likeness (QED) is 0.505. The van der Waals surface area contributed by atoms with Gasteiger partial charge in [0.25, 0.3) is 0 Å². The van der Waals surface area contributed by atoms with Gasteiger partial charge in [-0.1, -0.05) is 13.8 Å². The Bertz CT molecular complexity index is 322. The van der Waals surface area contributed by atoms with Crippen LogP contribution in [0.25, 0.3) is 0 Å². The van der Waals surface area contributed by atoms with Gasteiger partial charge in [0.15, 0.2) is 5.60 Å². The van der Waals surface area contributed by atoms with Gasteiger partial charge in [0.05, 0.1) is 13.2 Å². The van der Waals surface area contributed by atoms with E-state index in [1.807, 2.05) is 20.8 Å². The van der Waals surface area contributed by atoms with E-state index in [1.54, 1.807) is 13.8 Å². The van der Waals surface area contributed by atoms with Crippen LogP contribution in [-0.4, -0.2) is 43.1 Å². The molecule has 0 spiro atoms. The van der Waals surface area contributed by atoms with E-state index in [2.05, 4.69) is 4.74 Å². The summed E-state index contributed by atoms with van der Waals surface area (Å²) in [4.78, 5) is 31.8. The smallest absolute Gasteiger partial charge is 0.374 e. The third kappa shape index (κ3) is 12.1. The molecule has 0 saturated heterocycles. The van der Waals surface area contributed by atoms with E-state index in [-0.39, 0.29) is 5.97 Å². The van der Waals surface area contributed by atoms with Gasteiger partial charge < -0.3 is 14.2 Å². The maximum absolute atomic E-state index is 11.3. The Morgan fingerprint density at radius 1 is 0.905 bits per heavy atom. The van der Waals surface area contributed by atoms with Crippen molar-refractivity contribution < 1.29 is 28.6 Å². The first kappa shape index (κ1) is 21.9. The fourth-order valence-corrected chi connectivity index (χ4v) is 1.08. The van der Waals surface area contributed by atoms with Crippen LogP contribution in [0.4, 0.5) is 0 Å². The number of hydrogen-bond acceptors (Lipinski definition) is 6. The zero-order valence-electron chi connectivity index (χ0n) is 14.0. The molecule has 0 saturated carbocycles. The molecule has 0 atom stereocenters. The summed E-state index contributed by atoms with van der Waals surface area (Å²) in [5, 5.41) is 0. The predicted octanol–water partition coefficient (Wildman–Crippen LogP) is 2.28. The molecule has 0 radical (unpaired) electrons. The van der Waals surface area contributed by atoms with Gasteiger partial charge in [-0.05, 0) is 33.6 Å². The highest BCUT2D eigenvalue weighted by Gasteiger charge is 2.29. The Kier molecular flexibility index (Phi) is 12.8. The largest absolute Gasteiger partial charge is 0.464 e. The average molecular weight is 304 g/mol. The fraction of sp³-hybridized carbons (Fsp3) is 0.800. The van der Waals surface area contributed by atoms with E-state index in [9.17, 15) is 14.4 Å². The Hall–Kier alpha value is -1.43. The Morgan fingerprint density at radius 2 is 1.38 bits per heavy atom. The second-order valence-electron chi connectivity index (χ2n) is 4.77. The van der Waals surface area contributed by atoms with Gasteiger partial charge >= 0.3 is 11.9 Å². The highest BCUT2D eigenvalue weighted by atomic mass is 16.6. The van der Waals surface area contributed by atoms with E-state index in [4.69, 9.17) is 9.47 Å². The highest BCUT2D eigenvalue weighted by molar-refractivity contribution is 6.32. The summed E-state index contributed by atoms with van der Waals surface area (Å²) < 4.78 is 14.6. The van der Waals surface area contributed by atoms with Crippen molar-refractivity contribution in [2.75, 3.05) is 19.8 Å². The average Bonchev–Trinajstić information content (AvgIpc) is 2.42. The lowest BCUT2D eigenvalue weighted by Gasteiger charge is -2.21. The molecule has 0 aliphatic rings. The molecule has 124 valence electrons. The van der Waals surface area contributed by atoms with E-state index >= 15 is 0 Å². The van der Waals surface area contributed by atoms with Gasteiger partial charge in [-0.2, -0.15) is 0 Å². The summed E-state index contributed by atoms with van der Waals surface area (Å²) in [6, 6.07) is 0. The topological polar surface area (TPSA) is 78.9 Å². The molecule has 0 N–H and O–H groups in total. The Labute approximate surface area is 127 Å². The molecular formula is C15H28O6. The van der Waals surface area contributed by atoms with Crippen molar-refractivity contribution in [3.05, 3.63) is 0 Å². The van der Waals surface area contributed by atoms with Gasteiger partial charge in [0, 0.05) is 13.5 Å². The highest BCUT2D eigenvalue weighted by Crippen LogP contribution is 2.11. The maximum Gasteiger partial charge on any atom is 0.374 e. The van der Waals surface area contributed by atoms with Crippen LogP contribution in [0.3, 0.4) is 0 Å². The number of ketones is 1. The molecule has 0 aromatic carbocycles. The van der Waals surface area contributed by atoms with E-state index in [1.165, 1.54) is 6.92 Å². The second-order valence-corrected chi connectivity index (χ2v) is 4.77. The third-order valence-corrected chi connectivity index (χ3v) is 2.16. The molecule has 21 heavy (non-hydrogen) atoms. The summed E-state index contributed by atoms with van der Waals surface area (Å²) in [6.45, 7) is 11.6. The summed E-state index contributed by atoms with van der Waals surface area (Å²) in [5.41, 5.74) is -0.802. The molecule has 0 aliphatic heterocycles. The van der Waals surface area contributed by atoms with Crippen LogP contribution < -0.4 is 0 Å². The lowest BCUT2D eigenvalue weighted by atomic mass is 10.1. The van der Waals surface area contributed by atoms with Crippen molar-refractivity contribution in [1.82, 2.24) is 0 Å². The minimum absolute atomic E-state index is 0.286. The molecule has 0 fully saturated rings. The van der Waals surface area contributed by atoms with Crippen molar-refractivity contribution in [3.8, 4) is 0 Å². The molecule has 0 amide bonds. The van der Waals surface area contributed by atoms with Crippen molar-refractivity contribution in [3.63, 3.8) is 0 Å². The first-order valence-electron chi connectivity index (χ1n) is 7.21. The molecule has 0 aromatic heterocycles. The summed E-state index contributed by atoms with van der Waals surface area (Å²) in [7, 11) is 0. The van der Waals surface area contributed by atoms with E-state index < -0.39 is 17.4 Å². The third-order valence-electron chi connectivity index (χ3n) is 2.16. The van der Waals surface area contributed by atoms with Crippen LogP contribution in [-0.2, 0) is 28.6 Å². The number of esters is 2. The lowest BCUT2D eigenvalue weighted by Crippen LogP contribution is -2.36. The zero-order valence-corrected chi connectivity index (χ0v) is 14.0. The first-order chi connectivity index (χ1) is 9.72. The van der Waals surface area contributed by atoms with Crippen molar-refractivity contribution in [2.24, 2.45) is 0 Å². The molecule has 0 aromatic rings. The normalized spacial score (nSPS) is 10.2. The van der Waals surface area contributed by atoms with Crippen molar-refractivity contribution in [2.45, 2.75) is 60.0 Å². The Balaban J connectivity index is 0. The second kappa shape index (κ2) is 12.3. The van der Waals surface area contributed by atoms with Crippen LogP contribution in [0.15, 0.2) is 0 Å². The number of hydrogen-bond donors (Lipinski definition) is 0. The van der Waals surface area contributed by atoms with E-state index in [0.717, 1.165) is 12.8 Å². The minimum atomic E-state index is -0.802. The first-order valence-corrected chi connectivity index (χ1v) is 7.21. The molecule has 0 unspecified atom stereocenters. The number of ether oxygens (including phenoxy) is 3. The van der Waals surface area contributed by atoms with Crippen molar-refractivity contribution in [1.29, 1.82) is 0 Å². The van der Waals surface area contributed by atoms with Crippen LogP contribution in [0.5, 0.6) is 0 Å². The van der Waals surface area contributed by atoms with Gasteiger partial charge in [0.1, 0.15) is 0 Å². The van der Waals surface area contributed by atoms with Crippen LogP contribution in [0, 0.1) is 0 Å². The number of carbonyl (C=O) groups excluding carboxylic acids is 3. The number of rotatable bonds is 8. The maximum atomic E-state index is 11.3. The molecule has 6 heteroatoms. The van der Waals surface area contributed by atoms with Gasteiger partial charge in [-0.3, -0.25) is 4.79 Å². The number of carbonyl (C=O) groups is 3. The molecular weight excluding hydrogens is 276 g/mol. The van der Waals surface area contributed by atoms with Gasteiger partial charge in [0.2, 0.25) is 5.78 Å².